The van der Waals surface area contributed by atoms with Gasteiger partial charge in [0, 0.05) is 56.4 Å². The monoisotopic (exact) mass is 385 g/mol. The van der Waals surface area contributed by atoms with E-state index in [2.05, 4.69) is 11.5 Å². The summed E-state index contributed by atoms with van der Waals surface area (Å²) in [5.41, 5.74) is 1.05. The topological polar surface area (TPSA) is 60.9 Å². The molecule has 1 aliphatic rings. The molecule has 1 amide bonds. The smallest absolute Gasteiger partial charge is 0.224 e. The van der Waals surface area contributed by atoms with E-state index in [9.17, 15) is 13.2 Å². The third-order valence-corrected chi connectivity index (χ3v) is 5.69. The zero-order chi connectivity index (χ0) is 18.4. The van der Waals surface area contributed by atoms with Crippen molar-refractivity contribution < 1.29 is 13.2 Å². The van der Waals surface area contributed by atoms with Gasteiger partial charge in [-0.15, -0.1) is 6.58 Å². The Hall–Kier alpha value is -1.57. The van der Waals surface area contributed by atoms with Crippen LogP contribution in [0.1, 0.15) is 6.42 Å². The number of piperazine rings is 1. The highest BCUT2D eigenvalue weighted by molar-refractivity contribution is 7.88. The van der Waals surface area contributed by atoms with Crippen LogP contribution in [0.3, 0.4) is 0 Å². The number of anilines is 1. The van der Waals surface area contributed by atoms with Gasteiger partial charge in [0.1, 0.15) is 0 Å². The number of amides is 1. The minimum atomic E-state index is -3.33. The summed E-state index contributed by atoms with van der Waals surface area (Å²) in [6.07, 6.45) is 2.85. The maximum atomic E-state index is 12.4. The van der Waals surface area contributed by atoms with Crippen molar-refractivity contribution in [2.75, 3.05) is 50.4 Å². The van der Waals surface area contributed by atoms with Crippen LogP contribution in [0.25, 0.3) is 0 Å². The second-order valence-electron chi connectivity index (χ2n) is 6.01. The van der Waals surface area contributed by atoms with Gasteiger partial charge in [0.15, 0.2) is 0 Å². The van der Waals surface area contributed by atoms with Crippen molar-refractivity contribution in [1.82, 2.24) is 9.21 Å². The number of hydrogen-bond donors (Lipinski definition) is 0. The Kier molecular flexibility index (Phi) is 6.87. The molecule has 1 aliphatic heterocycles. The summed E-state index contributed by atoms with van der Waals surface area (Å²) < 4.78 is 24.6. The van der Waals surface area contributed by atoms with Crippen LogP contribution in [0.15, 0.2) is 36.9 Å². The molecule has 2 rings (SSSR count). The summed E-state index contributed by atoms with van der Waals surface area (Å²) in [6.45, 7) is 6.65. The van der Waals surface area contributed by atoms with Gasteiger partial charge in [0.05, 0.1) is 6.26 Å². The normalized spacial score (nSPS) is 15.5. The summed E-state index contributed by atoms with van der Waals surface area (Å²) in [5.74, 6) is -0.0246. The first-order valence-electron chi connectivity index (χ1n) is 8.15. The summed E-state index contributed by atoms with van der Waals surface area (Å²) in [5, 5.41) is 0.694. The van der Waals surface area contributed by atoms with E-state index in [-0.39, 0.29) is 25.4 Å². The van der Waals surface area contributed by atoms with Gasteiger partial charge < -0.3 is 9.80 Å². The van der Waals surface area contributed by atoms with Gasteiger partial charge in [-0.05, 0) is 18.2 Å². The molecule has 0 radical (unpaired) electrons. The SMILES string of the molecule is C=CCN(CCC(=O)N1CCN(c2cccc(Cl)c2)CC1)S(C)(=O)=O. The second-order valence-corrected chi connectivity index (χ2v) is 8.43. The molecule has 0 atom stereocenters. The number of carbonyl (C=O) groups excluding carboxylic acids is 1. The molecule has 8 heteroatoms. The average molecular weight is 386 g/mol. The summed E-state index contributed by atoms with van der Waals surface area (Å²) in [6, 6.07) is 7.66. The lowest BCUT2D eigenvalue weighted by atomic mass is 10.2. The maximum Gasteiger partial charge on any atom is 0.224 e. The molecule has 0 spiro atoms. The molecule has 1 saturated heterocycles. The van der Waals surface area contributed by atoms with E-state index in [0.29, 0.717) is 18.1 Å². The number of sulfonamides is 1. The van der Waals surface area contributed by atoms with Crippen molar-refractivity contribution in [2.24, 2.45) is 0 Å². The third kappa shape index (κ3) is 5.73. The Bertz CT molecular complexity index is 716. The van der Waals surface area contributed by atoms with Crippen molar-refractivity contribution >= 4 is 33.2 Å². The van der Waals surface area contributed by atoms with E-state index in [4.69, 9.17) is 11.6 Å². The Morgan fingerprint density at radius 2 is 2.00 bits per heavy atom. The molecule has 0 bridgehead atoms. The van der Waals surface area contributed by atoms with Gasteiger partial charge in [-0.2, -0.15) is 4.31 Å². The number of rotatable bonds is 7. The number of halogens is 1. The van der Waals surface area contributed by atoms with Crippen LogP contribution < -0.4 is 4.90 Å². The lowest BCUT2D eigenvalue weighted by Gasteiger charge is -2.36. The Morgan fingerprint density at radius 1 is 1.32 bits per heavy atom. The molecule has 0 N–H and O–H groups in total. The Balaban J connectivity index is 1.85. The van der Waals surface area contributed by atoms with Crippen LogP contribution >= 0.6 is 11.6 Å². The van der Waals surface area contributed by atoms with E-state index in [1.807, 2.05) is 24.3 Å². The fourth-order valence-corrected chi connectivity index (χ4v) is 3.79. The first kappa shape index (κ1) is 19.8. The van der Waals surface area contributed by atoms with Gasteiger partial charge in [-0.25, -0.2) is 8.42 Å². The highest BCUT2D eigenvalue weighted by Crippen LogP contribution is 2.21. The average Bonchev–Trinajstić information content (AvgIpc) is 2.57. The molecule has 1 fully saturated rings. The van der Waals surface area contributed by atoms with Crippen molar-refractivity contribution in [1.29, 1.82) is 0 Å². The maximum absolute atomic E-state index is 12.4. The van der Waals surface area contributed by atoms with Gasteiger partial charge in [-0.1, -0.05) is 23.7 Å². The minimum absolute atomic E-state index is 0.0246. The molecule has 25 heavy (non-hydrogen) atoms. The highest BCUT2D eigenvalue weighted by atomic mass is 35.5. The lowest BCUT2D eigenvalue weighted by molar-refractivity contribution is -0.131. The van der Waals surface area contributed by atoms with Crippen LogP contribution in [-0.4, -0.2) is 69.1 Å². The molecule has 0 saturated carbocycles. The van der Waals surface area contributed by atoms with Gasteiger partial charge >= 0.3 is 0 Å². The van der Waals surface area contributed by atoms with E-state index >= 15 is 0 Å². The standard InChI is InChI=1S/C17H24ClN3O3S/c1-3-8-21(25(2,23)24)9-7-17(22)20-12-10-19(11-13-20)16-6-4-5-15(18)14-16/h3-6,14H,1,7-13H2,2H3. The van der Waals surface area contributed by atoms with Crippen LogP contribution in [0.2, 0.25) is 5.02 Å². The molecular weight excluding hydrogens is 362 g/mol. The van der Waals surface area contributed by atoms with E-state index in [0.717, 1.165) is 25.0 Å². The molecule has 0 unspecified atom stereocenters. The molecule has 0 aromatic heterocycles. The van der Waals surface area contributed by atoms with Crippen molar-refractivity contribution in [3.63, 3.8) is 0 Å². The van der Waals surface area contributed by atoms with Crippen LogP contribution in [0, 0.1) is 0 Å². The number of hydrogen-bond acceptors (Lipinski definition) is 4. The molecular formula is C17H24ClN3O3S. The summed E-state index contributed by atoms with van der Waals surface area (Å²) >= 11 is 6.02. The summed E-state index contributed by atoms with van der Waals surface area (Å²) in [4.78, 5) is 16.3. The van der Waals surface area contributed by atoms with E-state index < -0.39 is 10.0 Å². The Morgan fingerprint density at radius 3 is 2.56 bits per heavy atom. The first-order chi connectivity index (χ1) is 11.8. The molecule has 1 aromatic rings. The number of benzene rings is 1. The van der Waals surface area contributed by atoms with Crippen LogP contribution in [-0.2, 0) is 14.8 Å². The fourth-order valence-electron chi connectivity index (χ4n) is 2.80. The largest absolute Gasteiger partial charge is 0.368 e. The van der Waals surface area contributed by atoms with Gasteiger partial charge in [-0.3, -0.25) is 4.79 Å². The predicted octanol–water partition coefficient (Wildman–Crippen LogP) is 1.83. The highest BCUT2D eigenvalue weighted by Gasteiger charge is 2.23. The number of carbonyl (C=O) groups is 1. The molecule has 1 heterocycles. The zero-order valence-corrected chi connectivity index (χ0v) is 16.0. The zero-order valence-electron chi connectivity index (χ0n) is 14.4. The molecule has 1 aromatic carbocycles. The van der Waals surface area contributed by atoms with Gasteiger partial charge in [0.2, 0.25) is 15.9 Å². The number of nitrogens with zero attached hydrogens (tertiary/aromatic N) is 3. The van der Waals surface area contributed by atoms with E-state index in [1.165, 1.54) is 10.4 Å². The predicted molar refractivity (Wildman–Crippen MR) is 101 cm³/mol. The minimum Gasteiger partial charge on any atom is -0.368 e. The lowest BCUT2D eigenvalue weighted by Crippen LogP contribution is -2.49. The molecule has 0 aliphatic carbocycles. The van der Waals surface area contributed by atoms with Gasteiger partial charge in [0.25, 0.3) is 0 Å². The van der Waals surface area contributed by atoms with Crippen molar-refractivity contribution in [3.8, 4) is 0 Å². The molecule has 138 valence electrons. The fraction of sp³-hybridized carbons (Fsp3) is 0.471. The van der Waals surface area contributed by atoms with Crippen LogP contribution in [0.5, 0.6) is 0 Å². The third-order valence-electron chi connectivity index (χ3n) is 4.18. The van der Waals surface area contributed by atoms with Crippen LogP contribution in [0.4, 0.5) is 5.69 Å². The summed E-state index contributed by atoms with van der Waals surface area (Å²) in [7, 11) is -3.33. The second kappa shape index (κ2) is 8.69. The van der Waals surface area contributed by atoms with E-state index in [1.54, 1.807) is 4.90 Å². The Labute approximate surface area is 154 Å². The van der Waals surface area contributed by atoms with Crippen molar-refractivity contribution in [3.05, 3.63) is 41.9 Å². The quantitative estimate of drug-likeness (QED) is 0.672. The molecule has 6 nitrogen and oxygen atoms in total. The first-order valence-corrected chi connectivity index (χ1v) is 10.4. The van der Waals surface area contributed by atoms with Crippen molar-refractivity contribution in [2.45, 2.75) is 6.42 Å².